The maximum Gasteiger partial charge on any atom is 0.420 e. The molecule has 2 atom stereocenters. The van der Waals surface area contributed by atoms with Crippen LogP contribution in [0.1, 0.15) is 34.1 Å². The van der Waals surface area contributed by atoms with Crippen LogP contribution < -0.4 is 11.1 Å². The number of amides is 1. The molecule has 3 aromatic heterocycles. The molecular weight excluding hydrogens is 475 g/mol. The molecule has 8 nitrogen and oxygen atoms in total. The van der Waals surface area contributed by atoms with Crippen LogP contribution in [0.2, 0.25) is 0 Å². The minimum Gasteiger partial charge on any atom is -0.366 e. The van der Waals surface area contributed by atoms with Crippen molar-refractivity contribution in [3.05, 3.63) is 40.8 Å². The fraction of sp³-hybridized carbons (Fsp3) is 0.400. The lowest BCUT2D eigenvalue weighted by molar-refractivity contribution is -0.137. The van der Waals surface area contributed by atoms with Crippen molar-refractivity contribution < 1.29 is 18.0 Å². The maximum absolute atomic E-state index is 13.6. The SMILES string of the molecule is Cc1sc(-c2nc(NC3CCN(Sc4cnc[nH]4)CC3C)ncc2C(F)(F)F)cc1C(N)=O. The zero-order valence-electron chi connectivity index (χ0n) is 17.8. The summed E-state index contributed by atoms with van der Waals surface area (Å²) in [4.78, 5) is 27.6. The van der Waals surface area contributed by atoms with E-state index in [9.17, 15) is 18.0 Å². The molecule has 3 aromatic rings. The molecule has 1 saturated heterocycles. The number of H-pyrrole nitrogens is 1. The van der Waals surface area contributed by atoms with Gasteiger partial charge in [-0.2, -0.15) is 13.2 Å². The second-order valence-electron chi connectivity index (χ2n) is 7.81. The molecule has 0 bridgehead atoms. The van der Waals surface area contributed by atoms with Crippen LogP contribution in [0.4, 0.5) is 19.1 Å². The van der Waals surface area contributed by atoms with Gasteiger partial charge in [-0.15, -0.1) is 11.3 Å². The van der Waals surface area contributed by atoms with Crippen molar-refractivity contribution in [2.45, 2.75) is 37.5 Å². The Morgan fingerprint density at radius 3 is 2.79 bits per heavy atom. The standard InChI is InChI=1S/C20H22F3N7OS2/c1-10-8-30(33-16-7-25-9-27-16)4-3-14(10)28-19-26-6-13(20(21,22)23)17(29-19)15-5-12(18(24)31)11(2)32-15/h5-7,9-10,14H,3-4,8H2,1-2H3,(H2,24,31)(H,25,27)(H,26,28,29). The lowest BCUT2D eigenvalue weighted by Crippen LogP contribution is -2.42. The Kier molecular flexibility index (Phi) is 6.64. The van der Waals surface area contributed by atoms with Crippen molar-refractivity contribution in [1.82, 2.24) is 24.2 Å². The number of anilines is 1. The smallest absolute Gasteiger partial charge is 0.366 e. The lowest BCUT2D eigenvalue weighted by atomic mass is 9.95. The van der Waals surface area contributed by atoms with Gasteiger partial charge >= 0.3 is 6.18 Å². The number of nitrogens with two attached hydrogens (primary N) is 1. The third-order valence-corrected chi connectivity index (χ3v) is 7.46. The highest BCUT2D eigenvalue weighted by Gasteiger charge is 2.36. The summed E-state index contributed by atoms with van der Waals surface area (Å²) < 4.78 is 43.2. The van der Waals surface area contributed by atoms with Gasteiger partial charge in [-0.3, -0.25) is 4.79 Å². The van der Waals surface area contributed by atoms with Crippen molar-refractivity contribution >= 4 is 35.1 Å². The third-order valence-electron chi connectivity index (χ3n) is 5.39. The Labute approximate surface area is 196 Å². The van der Waals surface area contributed by atoms with E-state index in [1.165, 1.54) is 6.07 Å². The summed E-state index contributed by atoms with van der Waals surface area (Å²) >= 11 is 2.64. The van der Waals surface area contributed by atoms with E-state index in [2.05, 4.69) is 36.5 Å². The topological polar surface area (TPSA) is 113 Å². The zero-order chi connectivity index (χ0) is 23.8. The van der Waals surface area contributed by atoms with E-state index in [1.54, 1.807) is 31.4 Å². The Hall–Kier alpha value is -2.64. The molecule has 1 amide bonds. The number of aryl methyl sites for hydroxylation is 1. The predicted molar refractivity (Wildman–Crippen MR) is 121 cm³/mol. The number of piperidine rings is 1. The number of nitrogens with zero attached hydrogens (tertiary/aromatic N) is 4. The summed E-state index contributed by atoms with van der Waals surface area (Å²) in [7, 11) is 0. The number of hydrogen-bond acceptors (Lipinski definition) is 8. The number of aromatic amines is 1. The molecule has 0 radical (unpaired) electrons. The van der Waals surface area contributed by atoms with Gasteiger partial charge in [0.1, 0.15) is 10.6 Å². The molecule has 4 heterocycles. The van der Waals surface area contributed by atoms with Gasteiger partial charge in [-0.25, -0.2) is 19.3 Å². The van der Waals surface area contributed by atoms with Crippen molar-refractivity contribution in [2.75, 3.05) is 18.4 Å². The fourth-order valence-corrected chi connectivity index (χ4v) is 5.72. The molecule has 4 N–H and O–H groups in total. The van der Waals surface area contributed by atoms with Gasteiger partial charge in [-0.1, -0.05) is 6.92 Å². The molecule has 4 rings (SSSR count). The quantitative estimate of drug-likeness (QED) is 0.438. The largest absolute Gasteiger partial charge is 0.420 e. The molecule has 1 aliphatic heterocycles. The predicted octanol–water partition coefficient (Wildman–Crippen LogP) is 4.18. The van der Waals surface area contributed by atoms with E-state index in [0.29, 0.717) is 4.88 Å². The number of primary amides is 1. The molecule has 1 fully saturated rings. The number of imidazole rings is 1. The van der Waals surface area contributed by atoms with Gasteiger partial charge in [0.2, 0.25) is 11.9 Å². The molecule has 0 aromatic carbocycles. The lowest BCUT2D eigenvalue weighted by Gasteiger charge is -2.36. The van der Waals surface area contributed by atoms with E-state index < -0.39 is 17.6 Å². The van der Waals surface area contributed by atoms with Crippen molar-refractivity contribution in [1.29, 1.82) is 0 Å². The van der Waals surface area contributed by atoms with Gasteiger partial charge in [0.15, 0.2) is 0 Å². The highest BCUT2D eigenvalue weighted by molar-refractivity contribution is 7.97. The molecule has 33 heavy (non-hydrogen) atoms. The minimum absolute atomic E-state index is 0.000504. The average molecular weight is 498 g/mol. The highest BCUT2D eigenvalue weighted by atomic mass is 32.2. The number of alkyl halides is 3. The Bertz CT molecular complexity index is 1130. The number of rotatable bonds is 6. The fourth-order valence-electron chi connectivity index (χ4n) is 3.69. The summed E-state index contributed by atoms with van der Waals surface area (Å²) in [6.45, 7) is 5.27. The molecule has 0 saturated carbocycles. The van der Waals surface area contributed by atoms with Gasteiger partial charge in [0.25, 0.3) is 0 Å². The Morgan fingerprint density at radius 1 is 1.39 bits per heavy atom. The second-order valence-corrected chi connectivity index (χ2v) is 10.2. The maximum atomic E-state index is 13.6. The number of thiophene rings is 1. The molecule has 0 spiro atoms. The number of halogens is 3. The van der Waals surface area contributed by atoms with Crippen LogP contribution in [0.3, 0.4) is 0 Å². The summed E-state index contributed by atoms with van der Waals surface area (Å²) in [6, 6.07) is 1.36. The molecular formula is C20H22F3N7OS2. The summed E-state index contributed by atoms with van der Waals surface area (Å²) in [5.74, 6) is -0.366. The number of carbonyl (C=O) groups excluding carboxylic acids is 1. The number of nitrogens with one attached hydrogen (secondary N) is 2. The van der Waals surface area contributed by atoms with Gasteiger partial charge in [0.05, 0.1) is 28.7 Å². The average Bonchev–Trinajstić information content (AvgIpc) is 3.39. The molecule has 2 unspecified atom stereocenters. The van der Waals surface area contributed by atoms with Crippen LogP contribution in [0.5, 0.6) is 0 Å². The van der Waals surface area contributed by atoms with E-state index in [-0.39, 0.29) is 34.0 Å². The monoisotopic (exact) mass is 497 g/mol. The van der Waals surface area contributed by atoms with Crippen molar-refractivity contribution in [2.24, 2.45) is 11.7 Å². The minimum atomic E-state index is -4.64. The van der Waals surface area contributed by atoms with Crippen LogP contribution >= 0.6 is 23.3 Å². The third kappa shape index (κ3) is 5.31. The zero-order valence-corrected chi connectivity index (χ0v) is 19.4. The van der Waals surface area contributed by atoms with Crippen LogP contribution in [-0.2, 0) is 6.18 Å². The molecule has 1 aliphatic rings. The first-order valence-electron chi connectivity index (χ1n) is 10.1. The van der Waals surface area contributed by atoms with Gasteiger partial charge in [0, 0.05) is 30.2 Å². The summed E-state index contributed by atoms with van der Waals surface area (Å²) in [5, 5.41) is 4.16. The summed E-state index contributed by atoms with van der Waals surface area (Å²) in [6.07, 6.45) is 0.304. The second kappa shape index (κ2) is 9.31. The van der Waals surface area contributed by atoms with Crippen LogP contribution in [0.15, 0.2) is 29.8 Å². The van der Waals surface area contributed by atoms with Crippen LogP contribution in [0, 0.1) is 12.8 Å². The Morgan fingerprint density at radius 2 is 2.18 bits per heavy atom. The Balaban J connectivity index is 1.55. The first kappa shape index (κ1) is 23.5. The summed E-state index contributed by atoms with van der Waals surface area (Å²) in [5.41, 5.74) is 4.31. The molecule has 13 heteroatoms. The first-order valence-corrected chi connectivity index (χ1v) is 11.7. The number of carbonyl (C=O) groups is 1. The van der Waals surface area contributed by atoms with Gasteiger partial charge < -0.3 is 16.0 Å². The van der Waals surface area contributed by atoms with Gasteiger partial charge in [-0.05, 0) is 37.3 Å². The first-order chi connectivity index (χ1) is 15.6. The van der Waals surface area contributed by atoms with Crippen molar-refractivity contribution in [3.8, 4) is 10.6 Å². The highest BCUT2D eigenvalue weighted by Crippen LogP contribution is 2.40. The van der Waals surface area contributed by atoms with E-state index in [4.69, 9.17) is 5.73 Å². The normalized spacial score (nSPS) is 19.5. The van der Waals surface area contributed by atoms with Crippen LogP contribution in [0.25, 0.3) is 10.6 Å². The molecule has 0 aliphatic carbocycles. The number of aromatic nitrogens is 4. The van der Waals surface area contributed by atoms with E-state index in [1.807, 2.05) is 0 Å². The van der Waals surface area contributed by atoms with Crippen molar-refractivity contribution in [3.63, 3.8) is 0 Å². The van der Waals surface area contributed by atoms with Crippen LogP contribution in [-0.4, -0.2) is 49.3 Å². The number of hydrogen-bond donors (Lipinski definition) is 3. The van der Waals surface area contributed by atoms with E-state index >= 15 is 0 Å². The van der Waals surface area contributed by atoms with E-state index in [0.717, 1.165) is 42.1 Å². The molecule has 176 valence electrons.